The van der Waals surface area contributed by atoms with Gasteiger partial charge in [0.25, 0.3) is 0 Å². The molecule has 14 heavy (non-hydrogen) atoms. The van der Waals surface area contributed by atoms with Gasteiger partial charge in [0.2, 0.25) is 0 Å². The highest BCUT2D eigenvalue weighted by molar-refractivity contribution is 5.69. The first-order chi connectivity index (χ1) is 6.38. The molecule has 0 saturated heterocycles. The Morgan fingerprint density at radius 2 is 2.14 bits per heavy atom. The third-order valence-electron chi connectivity index (χ3n) is 1.61. The van der Waals surface area contributed by atoms with E-state index in [9.17, 15) is 18.0 Å². The molecule has 1 aromatic rings. The number of alkyl halides is 3. The summed E-state index contributed by atoms with van der Waals surface area (Å²) in [5.74, 6) is -1.15. The van der Waals surface area contributed by atoms with Crippen molar-refractivity contribution >= 4 is 5.97 Å². The fourth-order valence-corrected chi connectivity index (χ4v) is 1.11. The highest BCUT2D eigenvalue weighted by atomic mass is 19.4. The molecule has 0 aliphatic heterocycles. The van der Waals surface area contributed by atoms with Crippen LogP contribution in [-0.2, 0) is 17.8 Å². The van der Waals surface area contributed by atoms with E-state index < -0.39 is 25.1 Å². The summed E-state index contributed by atoms with van der Waals surface area (Å²) in [6.45, 7) is -1.15. The molecule has 0 fully saturated rings. The predicted molar refractivity (Wildman–Crippen MR) is 41.8 cm³/mol. The Balaban J connectivity index is 2.77. The van der Waals surface area contributed by atoms with Gasteiger partial charge in [0, 0.05) is 11.9 Å². The molecule has 0 aliphatic carbocycles. The number of carbonyl (C=O) groups is 1. The molecular formula is C8H8F3NO2. The maximum Gasteiger partial charge on any atom is 0.406 e. The van der Waals surface area contributed by atoms with Crippen LogP contribution in [0.2, 0.25) is 0 Å². The van der Waals surface area contributed by atoms with Crippen molar-refractivity contribution in [2.45, 2.75) is 19.1 Å². The van der Waals surface area contributed by atoms with Crippen LogP contribution in [0.3, 0.4) is 0 Å². The van der Waals surface area contributed by atoms with E-state index in [1.807, 2.05) is 0 Å². The molecule has 1 rings (SSSR count). The van der Waals surface area contributed by atoms with Crippen molar-refractivity contribution in [2.24, 2.45) is 0 Å². The van der Waals surface area contributed by atoms with E-state index in [1.165, 1.54) is 18.3 Å². The monoisotopic (exact) mass is 207 g/mol. The first-order valence-corrected chi connectivity index (χ1v) is 3.81. The van der Waals surface area contributed by atoms with Crippen molar-refractivity contribution in [3.63, 3.8) is 0 Å². The van der Waals surface area contributed by atoms with E-state index in [-0.39, 0.29) is 5.69 Å². The molecule has 78 valence electrons. The van der Waals surface area contributed by atoms with Crippen molar-refractivity contribution < 1.29 is 23.1 Å². The largest absolute Gasteiger partial charge is 0.481 e. The first kappa shape index (κ1) is 10.6. The van der Waals surface area contributed by atoms with Crippen molar-refractivity contribution in [1.29, 1.82) is 0 Å². The van der Waals surface area contributed by atoms with Crippen molar-refractivity contribution in [3.8, 4) is 0 Å². The van der Waals surface area contributed by atoms with Gasteiger partial charge in [-0.15, -0.1) is 0 Å². The smallest absolute Gasteiger partial charge is 0.406 e. The molecule has 0 atom stereocenters. The Labute approximate surface area is 77.8 Å². The predicted octanol–water partition coefficient (Wildman–Crippen LogP) is 1.68. The third kappa shape index (κ3) is 3.12. The van der Waals surface area contributed by atoms with Gasteiger partial charge in [-0.25, -0.2) is 0 Å². The summed E-state index contributed by atoms with van der Waals surface area (Å²) in [4.78, 5) is 10.3. The highest BCUT2D eigenvalue weighted by Crippen LogP contribution is 2.19. The number of aliphatic carboxylic acids is 1. The summed E-state index contributed by atoms with van der Waals surface area (Å²) in [6.07, 6.45) is -3.51. The van der Waals surface area contributed by atoms with Crippen LogP contribution in [0, 0.1) is 0 Å². The van der Waals surface area contributed by atoms with Gasteiger partial charge in [0.1, 0.15) is 6.54 Å². The molecule has 0 spiro atoms. The fraction of sp³-hybridized carbons (Fsp3) is 0.375. The summed E-state index contributed by atoms with van der Waals surface area (Å²) in [6, 6.07) is 2.75. The minimum Gasteiger partial charge on any atom is -0.481 e. The second-order valence-corrected chi connectivity index (χ2v) is 2.81. The zero-order valence-corrected chi connectivity index (χ0v) is 7.08. The van der Waals surface area contributed by atoms with Crippen LogP contribution in [-0.4, -0.2) is 21.8 Å². The standard InChI is InChI=1S/C8H8F3NO2/c9-8(10,11)5-12-3-1-2-6(12)4-7(13)14/h1-3H,4-5H2,(H,13,14). The van der Waals surface area contributed by atoms with E-state index in [1.54, 1.807) is 0 Å². The third-order valence-corrected chi connectivity index (χ3v) is 1.61. The first-order valence-electron chi connectivity index (χ1n) is 3.81. The van der Waals surface area contributed by atoms with Crippen LogP contribution >= 0.6 is 0 Å². The normalized spacial score (nSPS) is 11.6. The Hall–Kier alpha value is -1.46. The minimum atomic E-state index is -4.33. The van der Waals surface area contributed by atoms with Crippen LogP contribution in [0.5, 0.6) is 0 Å². The molecule has 0 unspecified atom stereocenters. The van der Waals surface area contributed by atoms with E-state index in [0.29, 0.717) is 0 Å². The summed E-state index contributed by atoms with van der Waals surface area (Å²) in [7, 11) is 0. The summed E-state index contributed by atoms with van der Waals surface area (Å²) in [5, 5.41) is 8.41. The van der Waals surface area contributed by atoms with Gasteiger partial charge >= 0.3 is 12.1 Å². The average Bonchev–Trinajstić information content (AvgIpc) is 2.32. The Kier molecular flexibility index (Phi) is 2.83. The molecule has 6 heteroatoms. The van der Waals surface area contributed by atoms with Gasteiger partial charge in [-0.1, -0.05) is 0 Å². The molecule has 0 aromatic carbocycles. The zero-order valence-electron chi connectivity index (χ0n) is 7.08. The summed E-state index contributed by atoms with van der Waals surface area (Å²) >= 11 is 0. The lowest BCUT2D eigenvalue weighted by atomic mass is 10.3. The number of carboxylic acids is 1. The van der Waals surface area contributed by atoms with Crippen LogP contribution in [0.25, 0.3) is 0 Å². The fourth-order valence-electron chi connectivity index (χ4n) is 1.11. The molecular weight excluding hydrogens is 199 g/mol. The lowest BCUT2D eigenvalue weighted by molar-refractivity contribution is -0.142. The Bertz CT molecular complexity index is 330. The van der Waals surface area contributed by atoms with Crippen molar-refractivity contribution in [1.82, 2.24) is 4.57 Å². The summed E-state index contributed by atoms with van der Waals surface area (Å²) < 4.78 is 36.8. The molecule has 1 aromatic heterocycles. The number of hydrogen-bond acceptors (Lipinski definition) is 1. The van der Waals surface area contributed by atoms with Crippen LogP contribution in [0.4, 0.5) is 13.2 Å². The van der Waals surface area contributed by atoms with Gasteiger partial charge in [-0.3, -0.25) is 4.79 Å². The molecule has 0 aliphatic rings. The highest BCUT2D eigenvalue weighted by Gasteiger charge is 2.28. The maximum atomic E-state index is 12.0. The second-order valence-electron chi connectivity index (χ2n) is 2.81. The van der Waals surface area contributed by atoms with E-state index in [0.717, 1.165) is 4.57 Å². The number of rotatable bonds is 3. The number of hydrogen-bond donors (Lipinski definition) is 1. The topological polar surface area (TPSA) is 42.2 Å². The van der Waals surface area contributed by atoms with Gasteiger partial charge in [0.05, 0.1) is 6.42 Å². The van der Waals surface area contributed by atoms with Crippen LogP contribution < -0.4 is 0 Å². The van der Waals surface area contributed by atoms with E-state index in [2.05, 4.69) is 0 Å². The van der Waals surface area contributed by atoms with Gasteiger partial charge in [-0.2, -0.15) is 13.2 Å². The van der Waals surface area contributed by atoms with Gasteiger partial charge in [0.15, 0.2) is 0 Å². The van der Waals surface area contributed by atoms with Crippen molar-refractivity contribution in [3.05, 3.63) is 24.0 Å². The number of halogens is 3. The van der Waals surface area contributed by atoms with Crippen molar-refractivity contribution in [2.75, 3.05) is 0 Å². The quantitative estimate of drug-likeness (QED) is 0.819. The van der Waals surface area contributed by atoms with Crippen LogP contribution in [0.15, 0.2) is 18.3 Å². The lowest BCUT2D eigenvalue weighted by Gasteiger charge is -2.10. The molecule has 0 radical (unpaired) electrons. The van der Waals surface area contributed by atoms with E-state index in [4.69, 9.17) is 5.11 Å². The van der Waals surface area contributed by atoms with Crippen LogP contribution in [0.1, 0.15) is 5.69 Å². The molecule has 0 amide bonds. The summed E-state index contributed by atoms with van der Waals surface area (Å²) in [5.41, 5.74) is 0.148. The zero-order chi connectivity index (χ0) is 10.8. The molecule has 0 saturated carbocycles. The van der Waals surface area contributed by atoms with Gasteiger partial charge in [-0.05, 0) is 12.1 Å². The molecule has 1 heterocycles. The Morgan fingerprint density at radius 3 is 2.64 bits per heavy atom. The molecule has 3 nitrogen and oxygen atoms in total. The average molecular weight is 207 g/mol. The second kappa shape index (κ2) is 3.73. The lowest BCUT2D eigenvalue weighted by Crippen LogP contribution is -2.19. The SMILES string of the molecule is O=C(O)Cc1cccn1CC(F)(F)F. The number of carboxylic acid groups (broad SMARTS) is 1. The Morgan fingerprint density at radius 1 is 1.50 bits per heavy atom. The number of aromatic nitrogens is 1. The number of nitrogens with zero attached hydrogens (tertiary/aromatic N) is 1. The maximum absolute atomic E-state index is 12.0. The minimum absolute atomic E-state index is 0.148. The van der Waals surface area contributed by atoms with E-state index >= 15 is 0 Å². The van der Waals surface area contributed by atoms with Gasteiger partial charge < -0.3 is 9.67 Å². The molecule has 1 N–H and O–H groups in total. The molecule has 0 bridgehead atoms.